The van der Waals surface area contributed by atoms with Crippen LogP contribution in [0.1, 0.15) is 16.7 Å². The lowest BCUT2D eigenvalue weighted by Crippen LogP contribution is -2.23. The highest BCUT2D eigenvalue weighted by Gasteiger charge is 2.14. The lowest BCUT2D eigenvalue weighted by molar-refractivity contribution is 0.282. The van der Waals surface area contributed by atoms with Crippen LogP contribution in [0.5, 0.6) is 0 Å². The standard InChI is InChI=1S/C15H18N2O3S/c1-11-6-14(16)8-15(7-11)21(19,20)17-9-12-2-4-13(10-18)5-3-12/h2-8,17-18H,9-10,16H2,1H3. The summed E-state index contributed by atoms with van der Waals surface area (Å²) < 4.78 is 27.0. The molecule has 0 heterocycles. The second kappa shape index (κ2) is 6.26. The van der Waals surface area contributed by atoms with Gasteiger partial charge in [0.25, 0.3) is 0 Å². The van der Waals surface area contributed by atoms with Gasteiger partial charge in [0.15, 0.2) is 0 Å². The minimum absolute atomic E-state index is 0.0332. The Hall–Kier alpha value is -1.89. The first kappa shape index (κ1) is 15.5. The maximum absolute atomic E-state index is 12.2. The van der Waals surface area contributed by atoms with Crippen molar-refractivity contribution in [2.45, 2.75) is 25.0 Å². The number of aliphatic hydroxyl groups is 1. The first-order chi connectivity index (χ1) is 9.90. The Kier molecular flexibility index (Phi) is 4.62. The molecule has 112 valence electrons. The molecule has 2 rings (SSSR count). The number of nitrogen functional groups attached to an aromatic ring is 1. The lowest BCUT2D eigenvalue weighted by Gasteiger charge is -2.09. The van der Waals surface area contributed by atoms with Crippen LogP contribution >= 0.6 is 0 Å². The van der Waals surface area contributed by atoms with Crippen molar-refractivity contribution in [2.75, 3.05) is 5.73 Å². The van der Waals surface area contributed by atoms with Gasteiger partial charge in [0, 0.05) is 12.2 Å². The Balaban J connectivity index is 2.13. The van der Waals surface area contributed by atoms with Gasteiger partial charge >= 0.3 is 0 Å². The molecule has 0 aliphatic carbocycles. The van der Waals surface area contributed by atoms with Crippen LogP contribution in [-0.2, 0) is 23.2 Å². The molecule has 0 unspecified atom stereocenters. The average molecular weight is 306 g/mol. The van der Waals surface area contributed by atoms with E-state index >= 15 is 0 Å². The Labute approximate surface area is 124 Å². The SMILES string of the molecule is Cc1cc(N)cc(S(=O)(=O)NCc2ccc(CO)cc2)c1. The van der Waals surface area contributed by atoms with Crippen LogP contribution in [-0.4, -0.2) is 13.5 Å². The van der Waals surface area contributed by atoms with E-state index in [-0.39, 0.29) is 18.0 Å². The number of benzene rings is 2. The zero-order valence-corrected chi connectivity index (χ0v) is 12.5. The number of hydrogen-bond acceptors (Lipinski definition) is 4. The van der Waals surface area contributed by atoms with Crippen LogP contribution in [0.15, 0.2) is 47.4 Å². The van der Waals surface area contributed by atoms with E-state index in [1.165, 1.54) is 6.07 Å². The first-order valence-electron chi connectivity index (χ1n) is 6.46. The molecule has 0 aliphatic rings. The number of nitrogens with one attached hydrogen (secondary N) is 1. The summed E-state index contributed by atoms with van der Waals surface area (Å²) in [6, 6.07) is 11.8. The fourth-order valence-corrected chi connectivity index (χ4v) is 3.11. The molecule has 6 heteroatoms. The van der Waals surface area contributed by atoms with Crippen LogP contribution in [0.3, 0.4) is 0 Å². The quantitative estimate of drug-likeness (QED) is 0.731. The van der Waals surface area contributed by atoms with Crippen LogP contribution in [0.2, 0.25) is 0 Å². The van der Waals surface area contributed by atoms with Gasteiger partial charge in [-0.05, 0) is 41.8 Å². The fourth-order valence-electron chi connectivity index (χ4n) is 1.96. The maximum atomic E-state index is 12.2. The molecule has 0 atom stereocenters. The van der Waals surface area contributed by atoms with Gasteiger partial charge in [0.2, 0.25) is 10.0 Å². The molecule has 0 aliphatic heterocycles. The molecule has 0 radical (unpaired) electrons. The van der Waals surface area contributed by atoms with Crippen molar-refractivity contribution in [3.63, 3.8) is 0 Å². The fraction of sp³-hybridized carbons (Fsp3) is 0.200. The highest BCUT2D eigenvalue weighted by molar-refractivity contribution is 7.89. The van der Waals surface area contributed by atoms with Crippen molar-refractivity contribution in [2.24, 2.45) is 0 Å². The number of aliphatic hydroxyl groups excluding tert-OH is 1. The van der Waals surface area contributed by atoms with Gasteiger partial charge in [-0.3, -0.25) is 0 Å². The summed E-state index contributed by atoms with van der Waals surface area (Å²) >= 11 is 0. The van der Waals surface area contributed by atoms with E-state index in [0.29, 0.717) is 5.69 Å². The summed E-state index contributed by atoms with van der Waals surface area (Å²) in [5.74, 6) is 0. The molecule has 0 fully saturated rings. The van der Waals surface area contributed by atoms with Crippen LogP contribution in [0.4, 0.5) is 5.69 Å². The zero-order valence-electron chi connectivity index (χ0n) is 11.7. The Bertz CT molecular complexity index is 705. The monoisotopic (exact) mass is 306 g/mol. The molecule has 0 saturated heterocycles. The van der Waals surface area contributed by atoms with Gasteiger partial charge in [-0.15, -0.1) is 0 Å². The minimum Gasteiger partial charge on any atom is -0.399 e. The second-order valence-electron chi connectivity index (χ2n) is 4.88. The zero-order chi connectivity index (χ0) is 15.5. The average Bonchev–Trinajstić information content (AvgIpc) is 2.45. The summed E-state index contributed by atoms with van der Waals surface area (Å²) in [7, 11) is -3.60. The highest BCUT2D eigenvalue weighted by atomic mass is 32.2. The molecular formula is C15H18N2O3S. The lowest BCUT2D eigenvalue weighted by atomic mass is 10.1. The first-order valence-corrected chi connectivity index (χ1v) is 7.94. The number of nitrogens with two attached hydrogens (primary N) is 1. The van der Waals surface area contributed by atoms with Gasteiger partial charge < -0.3 is 10.8 Å². The van der Waals surface area contributed by atoms with Crippen molar-refractivity contribution in [3.8, 4) is 0 Å². The number of aryl methyl sites for hydroxylation is 1. The van der Waals surface area contributed by atoms with E-state index in [9.17, 15) is 8.42 Å². The van der Waals surface area contributed by atoms with Crippen LogP contribution < -0.4 is 10.5 Å². The summed E-state index contributed by atoms with van der Waals surface area (Å²) in [5.41, 5.74) is 8.49. The van der Waals surface area contributed by atoms with Crippen molar-refractivity contribution in [1.29, 1.82) is 0 Å². The van der Waals surface area contributed by atoms with Gasteiger partial charge in [-0.2, -0.15) is 0 Å². The van der Waals surface area contributed by atoms with Gasteiger partial charge in [0.05, 0.1) is 11.5 Å². The third-order valence-electron chi connectivity index (χ3n) is 3.06. The van der Waals surface area contributed by atoms with E-state index in [4.69, 9.17) is 10.8 Å². The number of rotatable bonds is 5. The molecule has 0 bridgehead atoms. The molecule has 2 aromatic rings. The van der Waals surface area contributed by atoms with Crippen LogP contribution in [0.25, 0.3) is 0 Å². The molecule has 0 aromatic heterocycles. The molecule has 0 spiro atoms. The molecule has 5 nitrogen and oxygen atoms in total. The Morgan fingerprint density at radius 2 is 1.71 bits per heavy atom. The number of sulfonamides is 1. The van der Waals surface area contributed by atoms with Gasteiger partial charge in [-0.1, -0.05) is 24.3 Å². The Morgan fingerprint density at radius 3 is 2.29 bits per heavy atom. The number of hydrogen-bond donors (Lipinski definition) is 3. The Morgan fingerprint density at radius 1 is 1.10 bits per heavy atom. The maximum Gasteiger partial charge on any atom is 0.240 e. The molecule has 21 heavy (non-hydrogen) atoms. The topological polar surface area (TPSA) is 92.4 Å². The largest absolute Gasteiger partial charge is 0.399 e. The summed E-state index contributed by atoms with van der Waals surface area (Å²) in [4.78, 5) is 0.159. The second-order valence-corrected chi connectivity index (χ2v) is 6.65. The predicted molar refractivity (Wildman–Crippen MR) is 82.0 cm³/mol. The van der Waals surface area contributed by atoms with E-state index in [2.05, 4.69) is 4.72 Å². The highest BCUT2D eigenvalue weighted by Crippen LogP contribution is 2.16. The smallest absolute Gasteiger partial charge is 0.240 e. The third kappa shape index (κ3) is 4.04. The molecule has 4 N–H and O–H groups in total. The van der Waals surface area contributed by atoms with Crippen molar-refractivity contribution >= 4 is 15.7 Å². The summed E-state index contributed by atoms with van der Waals surface area (Å²) in [6.07, 6.45) is 0. The van der Waals surface area contributed by atoms with Crippen molar-refractivity contribution in [1.82, 2.24) is 4.72 Å². The molecular weight excluding hydrogens is 288 g/mol. The van der Waals surface area contributed by atoms with Crippen LogP contribution in [0, 0.1) is 6.92 Å². The minimum atomic E-state index is -3.60. The molecule has 0 saturated carbocycles. The van der Waals surface area contributed by atoms with Gasteiger partial charge in [0.1, 0.15) is 0 Å². The third-order valence-corrected chi connectivity index (χ3v) is 4.44. The van der Waals surface area contributed by atoms with Crippen molar-refractivity contribution in [3.05, 3.63) is 59.2 Å². The predicted octanol–water partition coefficient (Wildman–Crippen LogP) is 1.55. The van der Waals surface area contributed by atoms with E-state index in [1.54, 1.807) is 43.3 Å². The van der Waals surface area contributed by atoms with E-state index in [0.717, 1.165) is 16.7 Å². The van der Waals surface area contributed by atoms with E-state index in [1.807, 2.05) is 0 Å². The summed E-state index contributed by atoms with van der Waals surface area (Å²) in [5, 5.41) is 8.96. The molecule has 0 amide bonds. The normalized spacial score (nSPS) is 11.5. The van der Waals surface area contributed by atoms with Crippen molar-refractivity contribution < 1.29 is 13.5 Å². The van der Waals surface area contributed by atoms with E-state index < -0.39 is 10.0 Å². The van der Waals surface area contributed by atoms with Gasteiger partial charge in [-0.25, -0.2) is 13.1 Å². The molecule has 2 aromatic carbocycles. The summed E-state index contributed by atoms with van der Waals surface area (Å²) in [6.45, 7) is 1.94. The number of anilines is 1.